The minimum Gasteiger partial charge on any atom is -0.409 e. The Labute approximate surface area is 130 Å². The monoisotopic (exact) mass is 361 g/mol. The van der Waals surface area contributed by atoms with Gasteiger partial charge in [-0.15, -0.1) is 0 Å². The van der Waals surface area contributed by atoms with Crippen molar-refractivity contribution in [2.45, 2.75) is 6.42 Å². The quantitative estimate of drug-likeness (QED) is 0.335. The zero-order valence-electron chi connectivity index (χ0n) is 11.6. The van der Waals surface area contributed by atoms with Crippen molar-refractivity contribution in [1.29, 1.82) is 0 Å². The normalized spacial score (nSPS) is 11.5. The molecule has 0 saturated heterocycles. The summed E-state index contributed by atoms with van der Waals surface area (Å²) in [6, 6.07) is 3.85. The van der Waals surface area contributed by atoms with Crippen LogP contribution < -0.4 is 5.73 Å². The summed E-state index contributed by atoms with van der Waals surface area (Å²) in [6.45, 7) is 0.959. The lowest BCUT2D eigenvalue weighted by atomic mass is 10.2. The van der Waals surface area contributed by atoms with Crippen molar-refractivity contribution >= 4 is 27.7 Å². The van der Waals surface area contributed by atoms with E-state index in [9.17, 15) is 9.18 Å². The van der Waals surface area contributed by atoms with Gasteiger partial charge >= 0.3 is 0 Å². The Morgan fingerprint density at radius 3 is 2.81 bits per heavy atom. The van der Waals surface area contributed by atoms with Crippen molar-refractivity contribution < 1.29 is 19.1 Å². The Kier molecular flexibility index (Phi) is 7.10. The van der Waals surface area contributed by atoms with Gasteiger partial charge in [0.25, 0.3) is 5.91 Å². The first-order valence-electron chi connectivity index (χ1n) is 6.19. The molecule has 3 N–H and O–H groups in total. The van der Waals surface area contributed by atoms with Gasteiger partial charge in [0, 0.05) is 31.1 Å². The Hall–Kier alpha value is -1.67. The molecule has 0 unspecified atom stereocenters. The maximum Gasteiger partial charge on any atom is 0.255 e. The van der Waals surface area contributed by atoms with Crippen LogP contribution in [0.1, 0.15) is 16.8 Å². The standard InChI is InChI=1S/C13H17BrFN3O3/c1-21-7-6-18(5-4-12(16)17-20)13(19)10-3-2-9(15)8-11(10)14/h2-3,8,20H,4-7H2,1H3,(H2,16,17). The third kappa shape index (κ3) is 5.31. The van der Waals surface area contributed by atoms with E-state index in [0.717, 1.165) is 0 Å². The van der Waals surface area contributed by atoms with Gasteiger partial charge in [0.1, 0.15) is 11.7 Å². The van der Waals surface area contributed by atoms with E-state index in [-0.39, 0.29) is 24.7 Å². The third-order valence-electron chi connectivity index (χ3n) is 2.78. The van der Waals surface area contributed by atoms with Crippen LogP contribution in [0, 0.1) is 5.82 Å². The van der Waals surface area contributed by atoms with E-state index in [2.05, 4.69) is 21.1 Å². The number of carbonyl (C=O) groups excluding carboxylic acids is 1. The summed E-state index contributed by atoms with van der Waals surface area (Å²) < 4.78 is 18.4. The summed E-state index contributed by atoms with van der Waals surface area (Å²) in [6.07, 6.45) is 0.227. The molecule has 0 radical (unpaired) electrons. The molecule has 0 aromatic heterocycles. The summed E-state index contributed by atoms with van der Waals surface area (Å²) in [5.74, 6) is -0.688. The summed E-state index contributed by atoms with van der Waals surface area (Å²) in [4.78, 5) is 14.0. The molecule has 6 nitrogen and oxygen atoms in total. The zero-order chi connectivity index (χ0) is 15.8. The molecule has 0 aliphatic carbocycles. The number of hydrogen-bond donors (Lipinski definition) is 2. The Morgan fingerprint density at radius 2 is 2.24 bits per heavy atom. The van der Waals surface area contributed by atoms with E-state index in [1.54, 1.807) is 0 Å². The van der Waals surface area contributed by atoms with Gasteiger partial charge in [-0.1, -0.05) is 5.16 Å². The van der Waals surface area contributed by atoms with Crippen LogP contribution >= 0.6 is 15.9 Å². The number of methoxy groups -OCH3 is 1. The van der Waals surface area contributed by atoms with Gasteiger partial charge in [-0.05, 0) is 34.1 Å². The second-order valence-corrected chi connectivity index (χ2v) is 5.10. The molecule has 0 heterocycles. The largest absolute Gasteiger partial charge is 0.409 e. The van der Waals surface area contributed by atoms with Crippen LogP contribution in [0.4, 0.5) is 4.39 Å². The molecule has 0 fully saturated rings. The van der Waals surface area contributed by atoms with Crippen molar-refractivity contribution in [3.63, 3.8) is 0 Å². The molecule has 0 aliphatic rings. The topological polar surface area (TPSA) is 88.2 Å². The average molecular weight is 362 g/mol. The third-order valence-corrected chi connectivity index (χ3v) is 3.44. The van der Waals surface area contributed by atoms with Crippen molar-refractivity contribution in [2.75, 3.05) is 26.8 Å². The second-order valence-electron chi connectivity index (χ2n) is 4.25. The van der Waals surface area contributed by atoms with Gasteiger partial charge in [-0.3, -0.25) is 4.79 Å². The lowest BCUT2D eigenvalue weighted by Crippen LogP contribution is -2.36. The molecule has 116 valence electrons. The van der Waals surface area contributed by atoms with E-state index in [1.807, 2.05) is 0 Å². The van der Waals surface area contributed by atoms with Gasteiger partial charge in [0.2, 0.25) is 0 Å². The highest BCUT2D eigenvalue weighted by Gasteiger charge is 2.18. The highest BCUT2D eigenvalue weighted by molar-refractivity contribution is 9.10. The minimum absolute atomic E-state index is 0.0309. The molecule has 1 aromatic rings. The molecule has 0 aliphatic heterocycles. The highest BCUT2D eigenvalue weighted by atomic mass is 79.9. The maximum atomic E-state index is 13.1. The van der Waals surface area contributed by atoms with Crippen LogP contribution in [0.3, 0.4) is 0 Å². The number of ether oxygens (including phenoxy) is 1. The Morgan fingerprint density at radius 1 is 1.52 bits per heavy atom. The van der Waals surface area contributed by atoms with E-state index in [4.69, 9.17) is 15.7 Å². The summed E-state index contributed by atoms with van der Waals surface area (Å²) in [5.41, 5.74) is 5.75. The highest BCUT2D eigenvalue weighted by Crippen LogP contribution is 2.20. The zero-order valence-corrected chi connectivity index (χ0v) is 13.1. The second kappa shape index (κ2) is 8.58. The fraction of sp³-hybridized carbons (Fsp3) is 0.385. The summed E-state index contributed by atoms with van der Waals surface area (Å²) in [5, 5.41) is 11.4. The molecular formula is C13H17BrFN3O3. The van der Waals surface area contributed by atoms with Gasteiger partial charge in [0.15, 0.2) is 0 Å². The van der Waals surface area contributed by atoms with Crippen molar-refractivity contribution in [1.82, 2.24) is 4.90 Å². The maximum absolute atomic E-state index is 13.1. The van der Waals surface area contributed by atoms with Gasteiger partial charge < -0.3 is 20.6 Å². The van der Waals surface area contributed by atoms with Gasteiger partial charge in [-0.25, -0.2) is 4.39 Å². The molecule has 0 bridgehead atoms. The smallest absolute Gasteiger partial charge is 0.255 e. The minimum atomic E-state index is -0.432. The fourth-order valence-corrected chi connectivity index (χ4v) is 2.17. The first-order chi connectivity index (χ1) is 9.99. The molecule has 0 atom stereocenters. The van der Waals surface area contributed by atoms with Gasteiger partial charge in [0.05, 0.1) is 12.2 Å². The summed E-state index contributed by atoms with van der Waals surface area (Å²) >= 11 is 3.17. The Bertz CT molecular complexity index is 525. The molecule has 8 heteroatoms. The predicted molar refractivity (Wildman–Crippen MR) is 79.9 cm³/mol. The van der Waals surface area contributed by atoms with E-state index < -0.39 is 5.82 Å². The SMILES string of the molecule is COCCN(CCC(N)=NO)C(=O)c1ccc(F)cc1Br. The van der Waals surface area contributed by atoms with Crippen molar-refractivity contribution in [2.24, 2.45) is 10.9 Å². The lowest BCUT2D eigenvalue weighted by Gasteiger charge is -2.22. The van der Waals surface area contributed by atoms with Crippen LogP contribution in [0.2, 0.25) is 0 Å². The van der Waals surface area contributed by atoms with Crippen LogP contribution in [-0.4, -0.2) is 48.7 Å². The number of nitrogens with two attached hydrogens (primary N) is 1. The lowest BCUT2D eigenvalue weighted by molar-refractivity contribution is 0.0699. The Balaban J connectivity index is 2.87. The van der Waals surface area contributed by atoms with Crippen molar-refractivity contribution in [3.05, 3.63) is 34.1 Å². The average Bonchev–Trinajstić information content (AvgIpc) is 2.46. The van der Waals surface area contributed by atoms with Crippen LogP contribution in [0.15, 0.2) is 27.8 Å². The number of amidine groups is 1. The number of rotatable bonds is 7. The summed E-state index contributed by atoms with van der Waals surface area (Å²) in [7, 11) is 1.53. The first kappa shape index (κ1) is 17.4. The van der Waals surface area contributed by atoms with E-state index in [1.165, 1.54) is 30.2 Å². The first-order valence-corrected chi connectivity index (χ1v) is 6.98. The number of amides is 1. The molecule has 0 spiro atoms. The molecule has 21 heavy (non-hydrogen) atoms. The number of carbonyl (C=O) groups is 1. The molecule has 1 amide bonds. The molecule has 1 rings (SSSR count). The number of benzene rings is 1. The molecular weight excluding hydrogens is 345 g/mol. The number of halogens is 2. The van der Waals surface area contributed by atoms with E-state index >= 15 is 0 Å². The van der Waals surface area contributed by atoms with Gasteiger partial charge in [-0.2, -0.15) is 0 Å². The fourth-order valence-electron chi connectivity index (χ4n) is 1.65. The number of hydrogen-bond acceptors (Lipinski definition) is 4. The molecule has 0 saturated carbocycles. The van der Waals surface area contributed by atoms with Crippen LogP contribution in [-0.2, 0) is 4.74 Å². The number of oxime groups is 1. The molecule has 1 aromatic carbocycles. The van der Waals surface area contributed by atoms with E-state index in [0.29, 0.717) is 23.2 Å². The van der Waals surface area contributed by atoms with Crippen molar-refractivity contribution in [3.8, 4) is 0 Å². The number of nitrogens with zero attached hydrogens (tertiary/aromatic N) is 2. The predicted octanol–water partition coefficient (Wildman–Crippen LogP) is 1.81. The van der Waals surface area contributed by atoms with Crippen LogP contribution in [0.5, 0.6) is 0 Å². The van der Waals surface area contributed by atoms with Crippen LogP contribution in [0.25, 0.3) is 0 Å².